The van der Waals surface area contributed by atoms with Crippen molar-refractivity contribution in [3.8, 4) is 5.75 Å². The van der Waals surface area contributed by atoms with E-state index < -0.39 is 29.2 Å². The van der Waals surface area contributed by atoms with Crippen molar-refractivity contribution in [3.63, 3.8) is 0 Å². The lowest BCUT2D eigenvalue weighted by molar-refractivity contribution is -0.188. The number of benzene rings is 2. The van der Waals surface area contributed by atoms with Crippen LogP contribution >= 0.6 is 0 Å². The molecule has 0 aromatic heterocycles. The van der Waals surface area contributed by atoms with Crippen molar-refractivity contribution < 1.29 is 24.2 Å². The van der Waals surface area contributed by atoms with E-state index in [0.29, 0.717) is 12.8 Å². The first kappa shape index (κ1) is 21.6. The Balaban J connectivity index is 1.69. The predicted octanol–water partition coefficient (Wildman–Crippen LogP) is 3.65. The van der Waals surface area contributed by atoms with Gasteiger partial charge >= 0.3 is 5.97 Å². The maximum atomic E-state index is 12.9. The summed E-state index contributed by atoms with van der Waals surface area (Å²) >= 11 is 0. The van der Waals surface area contributed by atoms with Crippen molar-refractivity contribution in [2.24, 2.45) is 5.41 Å². The first-order valence-corrected chi connectivity index (χ1v) is 10.0. The highest BCUT2D eigenvalue weighted by molar-refractivity contribution is 6.10. The molecule has 1 aliphatic heterocycles. The summed E-state index contributed by atoms with van der Waals surface area (Å²) in [6, 6.07) is 15.8. The van der Waals surface area contributed by atoms with Crippen LogP contribution in [0.4, 0.5) is 0 Å². The van der Waals surface area contributed by atoms with Crippen molar-refractivity contribution in [3.05, 3.63) is 65.7 Å². The molecular formula is C24H27NO5. The Bertz CT molecular complexity index is 924. The molecule has 158 valence electrons. The van der Waals surface area contributed by atoms with Crippen molar-refractivity contribution in [1.29, 1.82) is 0 Å². The number of nitrogens with zero attached hydrogens (tertiary/aromatic N) is 1. The van der Waals surface area contributed by atoms with Crippen molar-refractivity contribution in [2.45, 2.75) is 45.1 Å². The monoisotopic (exact) mass is 409 g/mol. The summed E-state index contributed by atoms with van der Waals surface area (Å²) in [5.41, 5.74) is 0.863. The molecule has 2 aromatic rings. The molecule has 3 rings (SSSR count). The van der Waals surface area contributed by atoms with Gasteiger partial charge in [-0.3, -0.25) is 14.5 Å². The molecule has 30 heavy (non-hydrogen) atoms. The summed E-state index contributed by atoms with van der Waals surface area (Å²) in [4.78, 5) is 38.6. The van der Waals surface area contributed by atoms with Gasteiger partial charge in [0.15, 0.2) is 6.04 Å². The molecule has 0 saturated carbocycles. The fourth-order valence-corrected chi connectivity index (χ4v) is 4.07. The van der Waals surface area contributed by atoms with Gasteiger partial charge in [0.2, 0.25) is 11.8 Å². The highest BCUT2D eigenvalue weighted by atomic mass is 16.5. The largest absolute Gasteiger partial charge is 0.497 e. The van der Waals surface area contributed by atoms with Gasteiger partial charge in [0.1, 0.15) is 5.75 Å². The van der Waals surface area contributed by atoms with Gasteiger partial charge in [-0.2, -0.15) is 0 Å². The number of β-lactam (4-membered cyclic amide) rings is 1. The molecule has 0 unspecified atom stereocenters. The second-order valence-electron chi connectivity index (χ2n) is 8.09. The molecule has 6 heteroatoms. The van der Waals surface area contributed by atoms with Gasteiger partial charge in [0.25, 0.3) is 0 Å². The minimum Gasteiger partial charge on any atom is -0.497 e. The molecule has 1 fully saturated rings. The minimum atomic E-state index is -1.15. The predicted molar refractivity (Wildman–Crippen MR) is 112 cm³/mol. The lowest BCUT2D eigenvalue weighted by Gasteiger charge is -2.51. The summed E-state index contributed by atoms with van der Waals surface area (Å²) in [6.45, 7) is 3.54. The van der Waals surface area contributed by atoms with E-state index in [-0.39, 0.29) is 12.3 Å². The Hall–Kier alpha value is -3.15. The number of amides is 2. The number of hydrogen-bond donors (Lipinski definition) is 1. The number of ether oxygens (including phenoxy) is 1. The van der Waals surface area contributed by atoms with Crippen LogP contribution < -0.4 is 4.74 Å². The van der Waals surface area contributed by atoms with Crippen LogP contribution in [0.3, 0.4) is 0 Å². The SMILES string of the molecule is COc1ccc(CC[C@@]2(C)C(=O)N(C(=O)C[C@H](C)c3ccccc3)[C@@H]2C(=O)O)cc1. The van der Waals surface area contributed by atoms with Crippen LogP contribution in [-0.4, -0.2) is 40.9 Å². The first-order chi connectivity index (χ1) is 14.3. The van der Waals surface area contributed by atoms with E-state index in [4.69, 9.17) is 4.74 Å². The number of rotatable bonds is 8. The normalized spacial score (nSPS) is 21.6. The number of carbonyl (C=O) groups is 3. The molecular weight excluding hydrogens is 382 g/mol. The molecule has 6 nitrogen and oxygen atoms in total. The highest BCUT2D eigenvalue weighted by Gasteiger charge is 2.62. The van der Waals surface area contributed by atoms with Crippen LogP contribution in [0.1, 0.15) is 43.7 Å². The van der Waals surface area contributed by atoms with Crippen LogP contribution in [0, 0.1) is 5.41 Å². The van der Waals surface area contributed by atoms with Gasteiger partial charge in [-0.15, -0.1) is 0 Å². The summed E-state index contributed by atoms with van der Waals surface area (Å²) in [5.74, 6) is -1.36. The number of carboxylic acid groups (broad SMARTS) is 1. The number of methoxy groups -OCH3 is 1. The van der Waals surface area contributed by atoms with Gasteiger partial charge < -0.3 is 9.84 Å². The third-order valence-electron chi connectivity index (χ3n) is 6.01. The maximum Gasteiger partial charge on any atom is 0.328 e. The molecule has 2 aromatic carbocycles. The molecule has 3 atom stereocenters. The van der Waals surface area contributed by atoms with Gasteiger partial charge in [0.05, 0.1) is 12.5 Å². The molecule has 1 heterocycles. The highest BCUT2D eigenvalue weighted by Crippen LogP contribution is 2.44. The molecule has 1 aliphatic rings. The van der Waals surface area contributed by atoms with E-state index in [1.165, 1.54) is 0 Å². The van der Waals surface area contributed by atoms with Crippen LogP contribution in [0.5, 0.6) is 5.75 Å². The average Bonchev–Trinajstić information content (AvgIpc) is 2.75. The number of carboxylic acids is 1. The maximum absolute atomic E-state index is 12.9. The van der Waals surface area contributed by atoms with Crippen molar-refractivity contribution >= 4 is 17.8 Å². The van der Waals surface area contributed by atoms with E-state index in [9.17, 15) is 19.5 Å². The zero-order valence-corrected chi connectivity index (χ0v) is 17.5. The second-order valence-corrected chi connectivity index (χ2v) is 8.09. The number of aryl methyl sites for hydroxylation is 1. The molecule has 0 bridgehead atoms. The third-order valence-corrected chi connectivity index (χ3v) is 6.01. The van der Waals surface area contributed by atoms with Gasteiger partial charge in [-0.25, -0.2) is 4.79 Å². The molecule has 0 spiro atoms. The Morgan fingerprint density at radius 3 is 2.33 bits per heavy atom. The van der Waals surface area contributed by atoms with Crippen LogP contribution in [-0.2, 0) is 20.8 Å². The number of likely N-dealkylation sites (tertiary alicyclic amines) is 1. The van der Waals surface area contributed by atoms with Crippen LogP contribution in [0.25, 0.3) is 0 Å². The van der Waals surface area contributed by atoms with Crippen molar-refractivity contribution in [2.75, 3.05) is 7.11 Å². The lowest BCUT2D eigenvalue weighted by atomic mass is 9.68. The van der Waals surface area contributed by atoms with Gasteiger partial charge in [-0.05, 0) is 48.9 Å². The topological polar surface area (TPSA) is 83.9 Å². The first-order valence-electron chi connectivity index (χ1n) is 10.0. The number of carbonyl (C=O) groups excluding carboxylic acids is 2. The zero-order chi connectivity index (χ0) is 21.9. The minimum absolute atomic E-state index is 0.0914. The van der Waals surface area contributed by atoms with Crippen LogP contribution in [0.15, 0.2) is 54.6 Å². The smallest absolute Gasteiger partial charge is 0.328 e. The Labute approximate surface area is 176 Å². The Morgan fingerprint density at radius 2 is 1.77 bits per heavy atom. The average molecular weight is 409 g/mol. The zero-order valence-electron chi connectivity index (χ0n) is 17.5. The second kappa shape index (κ2) is 8.69. The van der Waals surface area contributed by atoms with Crippen molar-refractivity contribution in [1.82, 2.24) is 4.90 Å². The van der Waals surface area contributed by atoms with E-state index in [2.05, 4.69) is 0 Å². The van der Waals surface area contributed by atoms with E-state index in [0.717, 1.165) is 21.8 Å². The lowest BCUT2D eigenvalue weighted by Crippen LogP contribution is -2.72. The quantitative estimate of drug-likeness (QED) is 0.673. The fourth-order valence-electron chi connectivity index (χ4n) is 4.07. The number of aliphatic carboxylic acids is 1. The summed E-state index contributed by atoms with van der Waals surface area (Å²) in [7, 11) is 1.59. The summed E-state index contributed by atoms with van der Waals surface area (Å²) < 4.78 is 5.14. The summed E-state index contributed by atoms with van der Waals surface area (Å²) in [5, 5.41) is 9.76. The number of hydrogen-bond acceptors (Lipinski definition) is 4. The fraction of sp³-hybridized carbons (Fsp3) is 0.375. The van der Waals surface area contributed by atoms with E-state index >= 15 is 0 Å². The number of imide groups is 1. The van der Waals surface area contributed by atoms with Crippen LogP contribution in [0.2, 0.25) is 0 Å². The molecule has 2 amide bonds. The Morgan fingerprint density at radius 1 is 1.13 bits per heavy atom. The Kier molecular flexibility index (Phi) is 6.25. The molecule has 0 radical (unpaired) electrons. The molecule has 0 aliphatic carbocycles. The van der Waals surface area contributed by atoms with E-state index in [1.807, 2.05) is 61.5 Å². The summed E-state index contributed by atoms with van der Waals surface area (Å²) in [6.07, 6.45) is 0.986. The molecule has 1 saturated heterocycles. The van der Waals surface area contributed by atoms with E-state index in [1.54, 1.807) is 14.0 Å². The van der Waals surface area contributed by atoms with Gasteiger partial charge in [-0.1, -0.05) is 49.4 Å². The van der Waals surface area contributed by atoms with Gasteiger partial charge in [0, 0.05) is 6.42 Å². The standard InChI is InChI=1S/C24H27NO5/c1-16(18-7-5-4-6-8-18)15-20(26)25-21(22(27)28)24(2,23(25)29)14-13-17-9-11-19(30-3)12-10-17/h4-12,16,21H,13-15H2,1-3H3,(H,27,28)/t16-,21+,24+/m0/s1. The molecule has 1 N–H and O–H groups in total. The third kappa shape index (κ3) is 4.08.